The fourth-order valence-corrected chi connectivity index (χ4v) is 5.56. The molecule has 2 aliphatic heterocycles. The van der Waals surface area contributed by atoms with Crippen LogP contribution in [0, 0.1) is 12.8 Å². The van der Waals surface area contributed by atoms with E-state index in [4.69, 9.17) is 4.74 Å². The van der Waals surface area contributed by atoms with Gasteiger partial charge in [-0.2, -0.15) is 4.31 Å². The third-order valence-corrected chi connectivity index (χ3v) is 7.64. The van der Waals surface area contributed by atoms with E-state index in [9.17, 15) is 8.42 Å². The zero-order chi connectivity index (χ0) is 18.1. The van der Waals surface area contributed by atoms with Crippen molar-refractivity contribution in [3.8, 4) is 0 Å². The Hall–Kier alpha value is -0.950. The summed E-state index contributed by atoms with van der Waals surface area (Å²) in [4.78, 5) is 2.80. The van der Waals surface area contributed by atoms with Crippen LogP contribution in [0.5, 0.6) is 0 Å². The number of benzene rings is 1. The molecule has 0 N–H and O–H groups in total. The fraction of sp³-hybridized carbons (Fsp3) is 0.684. The first-order valence-corrected chi connectivity index (χ1v) is 10.8. The second-order valence-electron chi connectivity index (χ2n) is 7.30. The van der Waals surface area contributed by atoms with Crippen molar-refractivity contribution < 1.29 is 13.2 Å². The van der Waals surface area contributed by atoms with Crippen molar-refractivity contribution in [1.82, 2.24) is 9.21 Å². The van der Waals surface area contributed by atoms with Crippen LogP contribution in [0.15, 0.2) is 29.2 Å². The Labute approximate surface area is 152 Å². The van der Waals surface area contributed by atoms with E-state index in [-0.39, 0.29) is 5.60 Å². The average molecular weight is 367 g/mol. The van der Waals surface area contributed by atoms with E-state index < -0.39 is 10.0 Å². The molecule has 1 spiro atoms. The minimum absolute atomic E-state index is 0.259. The normalized spacial score (nSPS) is 23.3. The summed E-state index contributed by atoms with van der Waals surface area (Å²) in [5, 5.41) is 0. The Bertz CT molecular complexity index is 677. The van der Waals surface area contributed by atoms with Crippen molar-refractivity contribution in [1.29, 1.82) is 0 Å². The van der Waals surface area contributed by atoms with E-state index in [2.05, 4.69) is 18.7 Å². The molecule has 0 radical (unpaired) electrons. The Morgan fingerprint density at radius 1 is 1.20 bits per heavy atom. The van der Waals surface area contributed by atoms with Crippen LogP contribution in [0.1, 0.15) is 32.3 Å². The lowest BCUT2D eigenvalue weighted by Gasteiger charge is -2.49. The monoisotopic (exact) mass is 366 g/mol. The van der Waals surface area contributed by atoms with Gasteiger partial charge >= 0.3 is 0 Å². The highest BCUT2D eigenvalue weighted by Gasteiger charge is 2.56. The van der Waals surface area contributed by atoms with Gasteiger partial charge in [-0.1, -0.05) is 31.5 Å². The highest BCUT2D eigenvalue weighted by molar-refractivity contribution is 7.89. The van der Waals surface area contributed by atoms with E-state index >= 15 is 0 Å². The first-order chi connectivity index (χ1) is 11.9. The van der Waals surface area contributed by atoms with Crippen LogP contribution in [0.3, 0.4) is 0 Å². The number of hydrogen-bond acceptors (Lipinski definition) is 4. The predicted molar refractivity (Wildman–Crippen MR) is 99.1 cm³/mol. The smallest absolute Gasteiger partial charge is 0.243 e. The molecule has 3 rings (SSSR count). The minimum Gasteiger partial charge on any atom is -0.372 e. The molecule has 2 aliphatic rings. The molecule has 0 bridgehead atoms. The molecule has 0 amide bonds. The number of rotatable bonds is 7. The second kappa shape index (κ2) is 7.35. The fourth-order valence-electron chi connectivity index (χ4n) is 4.00. The zero-order valence-corrected chi connectivity index (χ0v) is 16.4. The molecule has 2 heterocycles. The van der Waals surface area contributed by atoms with Gasteiger partial charge in [0.2, 0.25) is 10.0 Å². The quantitative estimate of drug-likeness (QED) is 0.744. The molecular weight excluding hydrogens is 336 g/mol. The van der Waals surface area contributed by atoms with Crippen LogP contribution in [0.4, 0.5) is 0 Å². The Balaban J connectivity index is 1.64. The van der Waals surface area contributed by atoms with E-state index in [1.54, 1.807) is 16.4 Å². The maximum atomic E-state index is 12.8. The van der Waals surface area contributed by atoms with E-state index in [0.29, 0.717) is 23.9 Å². The second-order valence-corrected chi connectivity index (χ2v) is 9.24. The third-order valence-electron chi connectivity index (χ3n) is 5.83. The maximum absolute atomic E-state index is 12.8. The van der Waals surface area contributed by atoms with Crippen molar-refractivity contribution in [2.24, 2.45) is 5.92 Å². The molecule has 0 aliphatic carbocycles. The van der Waals surface area contributed by atoms with Crippen molar-refractivity contribution in [3.63, 3.8) is 0 Å². The summed E-state index contributed by atoms with van der Waals surface area (Å²) in [5.74, 6) is 0.456. The van der Waals surface area contributed by atoms with Crippen molar-refractivity contribution in [2.45, 2.75) is 44.1 Å². The molecule has 2 saturated heterocycles. The summed E-state index contributed by atoms with van der Waals surface area (Å²) in [7, 11) is -3.40. The van der Waals surface area contributed by atoms with Crippen LogP contribution in [-0.2, 0) is 14.8 Å². The van der Waals surface area contributed by atoms with Gasteiger partial charge in [-0.25, -0.2) is 8.42 Å². The highest BCUT2D eigenvalue weighted by atomic mass is 32.2. The van der Waals surface area contributed by atoms with Crippen LogP contribution < -0.4 is 0 Å². The average Bonchev–Trinajstić information content (AvgIpc) is 2.99. The molecule has 1 aromatic rings. The van der Waals surface area contributed by atoms with Gasteiger partial charge in [0.25, 0.3) is 0 Å². The van der Waals surface area contributed by atoms with Crippen LogP contribution >= 0.6 is 0 Å². The van der Waals surface area contributed by atoms with Gasteiger partial charge in [-0.15, -0.1) is 0 Å². The van der Waals surface area contributed by atoms with Crippen LogP contribution in [0.2, 0.25) is 0 Å². The van der Waals surface area contributed by atoms with Crippen molar-refractivity contribution >= 4 is 10.0 Å². The largest absolute Gasteiger partial charge is 0.372 e. The first kappa shape index (κ1) is 18.8. The summed E-state index contributed by atoms with van der Waals surface area (Å²) in [6, 6.07) is 7.09. The maximum Gasteiger partial charge on any atom is 0.243 e. The number of nitrogens with zero attached hydrogens (tertiary/aromatic N) is 2. The zero-order valence-electron chi connectivity index (χ0n) is 15.6. The van der Waals surface area contributed by atoms with Crippen LogP contribution in [-0.4, -0.2) is 62.6 Å². The minimum atomic E-state index is -3.40. The van der Waals surface area contributed by atoms with Gasteiger partial charge in [-0.05, 0) is 57.5 Å². The molecule has 2 fully saturated rings. The lowest BCUT2D eigenvalue weighted by molar-refractivity contribution is -0.103. The lowest BCUT2D eigenvalue weighted by Crippen LogP contribution is -2.66. The molecule has 25 heavy (non-hydrogen) atoms. The Kier molecular flexibility index (Phi) is 5.54. The molecule has 1 atom stereocenters. The molecular formula is C19H30N2O3S. The van der Waals surface area contributed by atoms with Crippen molar-refractivity contribution in [2.75, 3.05) is 39.3 Å². The first-order valence-electron chi connectivity index (χ1n) is 9.34. The molecule has 0 unspecified atom stereocenters. The number of aryl methyl sites for hydroxylation is 1. The Morgan fingerprint density at radius 3 is 2.44 bits per heavy atom. The van der Waals surface area contributed by atoms with Crippen LogP contribution in [0.25, 0.3) is 0 Å². The summed E-state index contributed by atoms with van der Waals surface area (Å²) >= 11 is 0. The number of sulfonamides is 1. The summed E-state index contributed by atoms with van der Waals surface area (Å²) in [6.45, 7) is 11.2. The molecule has 6 heteroatoms. The van der Waals surface area contributed by atoms with Gasteiger partial charge in [0.15, 0.2) is 0 Å². The number of hydrogen-bond donors (Lipinski definition) is 0. The highest BCUT2D eigenvalue weighted by Crippen LogP contribution is 2.43. The number of ether oxygens (including phenoxy) is 1. The molecule has 0 saturated carbocycles. The molecule has 5 nitrogen and oxygen atoms in total. The standard InChI is InChI=1S/C19H30N2O3S/c1-4-20(5-2)12-10-17-11-13-24-19(17)14-21(15-19)25(22,23)18-8-6-16(3)7-9-18/h6-9,17H,4-5,10-15H2,1-3H3/t17-/m0/s1. The van der Waals surface area contributed by atoms with E-state index in [1.165, 1.54) is 0 Å². The molecule has 140 valence electrons. The van der Waals surface area contributed by atoms with E-state index in [0.717, 1.165) is 44.6 Å². The van der Waals surface area contributed by atoms with Gasteiger partial charge < -0.3 is 9.64 Å². The summed E-state index contributed by atoms with van der Waals surface area (Å²) in [6.07, 6.45) is 2.12. The predicted octanol–water partition coefficient (Wildman–Crippen LogP) is 2.51. The Morgan fingerprint density at radius 2 is 1.84 bits per heavy atom. The van der Waals surface area contributed by atoms with Gasteiger partial charge in [0.05, 0.1) is 10.5 Å². The summed E-state index contributed by atoms with van der Waals surface area (Å²) in [5.41, 5.74) is 0.805. The topological polar surface area (TPSA) is 49.9 Å². The molecule has 0 aromatic heterocycles. The van der Waals surface area contributed by atoms with Gasteiger partial charge in [-0.3, -0.25) is 0 Å². The van der Waals surface area contributed by atoms with Crippen molar-refractivity contribution in [3.05, 3.63) is 29.8 Å². The van der Waals surface area contributed by atoms with Gasteiger partial charge in [0.1, 0.15) is 0 Å². The van der Waals surface area contributed by atoms with Gasteiger partial charge in [0, 0.05) is 19.7 Å². The SMILES string of the molecule is CCN(CC)CC[C@H]1CCOC12CN(S(=O)(=O)c1ccc(C)cc1)C2. The van der Waals surface area contributed by atoms with E-state index in [1.807, 2.05) is 19.1 Å². The third kappa shape index (κ3) is 3.63. The lowest BCUT2D eigenvalue weighted by atomic mass is 9.80. The molecule has 1 aromatic carbocycles. The summed E-state index contributed by atoms with van der Waals surface area (Å²) < 4.78 is 33.2.